The Morgan fingerprint density at radius 3 is 2.64 bits per heavy atom. The molecule has 0 fully saturated rings. The van der Waals surface area contributed by atoms with E-state index in [2.05, 4.69) is 25.5 Å². The largest absolute Gasteiger partial charge is 0.358 e. The number of nitrogens with zero attached hydrogens (tertiary/aromatic N) is 1. The van der Waals surface area contributed by atoms with Gasteiger partial charge in [-0.15, -0.1) is 0 Å². The zero-order chi connectivity index (χ0) is 18.0. The van der Waals surface area contributed by atoms with Gasteiger partial charge in [0.15, 0.2) is 0 Å². The predicted molar refractivity (Wildman–Crippen MR) is 94.9 cm³/mol. The van der Waals surface area contributed by atoms with Gasteiger partial charge in [0, 0.05) is 33.4 Å². The molecule has 128 valence electrons. The number of aromatic amines is 3. The first-order valence-corrected chi connectivity index (χ1v) is 7.67. The van der Waals surface area contributed by atoms with Crippen molar-refractivity contribution in [2.45, 2.75) is 20.3 Å². The highest BCUT2D eigenvalue weighted by molar-refractivity contribution is 6.00. The summed E-state index contributed by atoms with van der Waals surface area (Å²) >= 11 is 0. The van der Waals surface area contributed by atoms with Crippen molar-refractivity contribution in [3.63, 3.8) is 0 Å². The van der Waals surface area contributed by atoms with Crippen LogP contribution in [-0.4, -0.2) is 27.1 Å². The van der Waals surface area contributed by atoms with E-state index in [1.165, 1.54) is 0 Å². The minimum Gasteiger partial charge on any atom is -0.358 e. The van der Waals surface area contributed by atoms with E-state index in [4.69, 9.17) is 0 Å². The molecular weight excluding hydrogens is 322 g/mol. The Kier molecular flexibility index (Phi) is 4.34. The number of aryl methyl sites for hydroxylation is 2. The number of H-pyrrole nitrogens is 3. The first kappa shape index (κ1) is 16.4. The van der Waals surface area contributed by atoms with Crippen molar-refractivity contribution in [2.24, 2.45) is 5.10 Å². The minimum absolute atomic E-state index is 0.178. The van der Waals surface area contributed by atoms with Gasteiger partial charge in [-0.1, -0.05) is 18.2 Å². The predicted octanol–water partition coefficient (Wildman–Crippen LogP) is 0.854. The summed E-state index contributed by atoms with van der Waals surface area (Å²) in [6.45, 7) is 3.49. The third-order valence-corrected chi connectivity index (χ3v) is 3.92. The molecule has 8 heteroatoms. The molecule has 2 heterocycles. The molecule has 0 aliphatic carbocycles. The van der Waals surface area contributed by atoms with E-state index < -0.39 is 17.2 Å². The maximum atomic E-state index is 12.0. The maximum absolute atomic E-state index is 12.0. The Balaban J connectivity index is 1.74. The van der Waals surface area contributed by atoms with Gasteiger partial charge in [-0.25, -0.2) is 10.2 Å². The lowest BCUT2D eigenvalue weighted by Gasteiger charge is -2.02. The van der Waals surface area contributed by atoms with Crippen LogP contribution in [0.1, 0.15) is 22.5 Å². The van der Waals surface area contributed by atoms with Gasteiger partial charge in [0.2, 0.25) is 5.91 Å². The number of amides is 1. The van der Waals surface area contributed by atoms with E-state index >= 15 is 0 Å². The van der Waals surface area contributed by atoms with Crippen molar-refractivity contribution in [3.05, 3.63) is 67.6 Å². The molecule has 0 saturated carbocycles. The number of nitrogens with one attached hydrogen (secondary N) is 4. The summed E-state index contributed by atoms with van der Waals surface area (Å²) < 4.78 is 0. The number of fused-ring (bicyclic) bond motifs is 1. The molecule has 3 aromatic rings. The highest BCUT2D eigenvalue weighted by Crippen LogP contribution is 2.19. The number of rotatable bonds is 4. The van der Waals surface area contributed by atoms with Crippen LogP contribution in [0.3, 0.4) is 0 Å². The number of hydrogen-bond acceptors (Lipinski definition) is 4. The summed E-state index contributed by atoms with van der Waals surface area (Å²) in [6.07, 6.45) is 1.39. The minimum atomic E-state index is -0.598. The summed E-state index contributed by atoms with van der Waals surface area (Å²) in [5, 5.41) is 4.97. The fourth-order valence-electron chi connectivity index (χ4n) is 2.67. The average molecular weight is 339 g/mol. The monoisotopic (exact) mass is 339 g/mol. The Morgan fingerprint density at radius 1 is 1.12 bits per heavy atom. The maximum Gasteiger partial charge on any atom is 0.325 e. The second kappa shape index (κ2) is 6.60. The quantitative estimate of drug-likeness (QED) is 0.416. The van der Waals surface area contributed by atoms with Crippen LogP contribution in [0.5, 0.6) is 0 Å². The van der Waals surface area contributed by atoms with E-state index in [-0.39, 0.29) is 12.0 Å². The summed E-state index contributed by atoms with van der Waals surface area (Å²) in [5.41, 5.74) is 4.60. The molecule has 0 bridgehead atoms. The number of carbonyl (C=O) groups is 1. The van der Waals surface area contributed by atoms with Crippen molar-refractivity contribution >= 4 is 23.0 Å². The summed E-state index contributed by atoms with van der Waals surface area (Å²) in [7, 11) is 0. The molecule has 3 rings (SSSR count). The lowest BCUT2D eigenvalue weighted by Crippen LogP contribution is -2.30. The lowest BCUT2D eigenvalue weighted by molar-refractivity contribution is -0.120. The average Bonchev–Trinajstić information content (AvgIpc) is 2.87. The van der Waals surface area contributed by atoms with E-state index in [1.54, 1.807) is 13.1 Å². The second-order valence-corrected chi connectivity index (χ2v) is 5.69. The van der Waals surface area contributed by atoms with Crippen molar-refractivity contribution in [3.8, 4) is 0 Å². The first-order valence-electron chi connectivity index (χ1n) is 7.67. The van der Waals surface area contributed by atoms with Crippen molar-refractivity contribution in [1.82, 2.24) is 20.4 Å². The summed E-state index contributed by atoms with van der Waals surface area (Å²) in [4.78, 5) is 42.7. The summed E-state index contributed by atoms with van der Waals surface area (Å²) in [5.74, 6) is -0.450. The van der Waals surface area contributed by atoms with Gasteiger partial charge >= 0.3 is 5.69 Å². The van der Waals surface area contributed by atoms with E-state index in [0.717, 1.165) is 22.2 Å². The summed E-state index contributed by atoms with van der Waals surface area (Å²) in [6, 6.07) is 7.79. The molecule has 0 aliphatic rings. The number of benzene rings is 1. The zero-order valence-electron chi connectivity index (χ0n) is 13.8. The lowest BCUT2D eigenvalue weighted by atomic mass is 10.1. The molecule has 0 unspecified atom stereocenters. The number of aromatic nitrogens is 3. The third kappa shape index (κ3) is 3.42. The molecular formula is C17H17N5O3. The van der Waals surface area contributed by atoms with Gasteiger partial charge in [0.25, 0.3) is 5.56 Å². The second-order valence-electron chi connectivity index (χ2n) is 5.69. The van der Waals surface area contributed by atoms with Crippen LogP contribution in [0.15, 0.2) is 39.0 Å². The molecule has 0 spiro atoms. The van der Waals surface area contributed by atoms with Gasteiger partial charge in [0.1, 0.15) is 0 Å². The molecule has 0 radical (unpaired) electrons. The molecule has 0 saturated heterocycles. The SMILES string of the molecule is Cc1[nH]c(=O)[nH]c(=O)c1CC(=O)N/N=C\c1c(C)[nH]c2ccccc12. The Hall–Kier alpha value is -3.42. The molecule has 8 nitrogen and oxygen atoms in total. The normalized spacial score (nSPS) is 11.3. The topological polar surface area (TPSA) is 123 Å². The molecule has 2 aromatic heterocycles. The van der Waals surface area contributed by atoms with E-state index in [9.17, 15) is 14.4 Å². The van der Waals surface area contributed by atoms with Crippen LogP contribution in [-0.2, 0) is 11.2 Å². The highest BCUT2D eigenvalue weighted by Gasteiger charge is 2.11. The van der Waals surface area contributed by atoms with Crippen molar-refractivity contribution < 1.29 is 4.79 Å². The molecule has 0 atom stereocenters. The molecule has 1 amide bonds. The smallest absolute Gasteiger partial charge is 0.325 e. The standard InChI is InChI=1S/C17H17N5O3/c1-9-12(16(24)21-17(25)20-9)7-15(23)22-18-8-13-10(2)19-14-6-4-3-5-11(13)14/h3-6,8,19H,7H2,1-2H3,(H,22,23)(H2,20,21,24,25)/b18-8-. The van der Waals surface area contributed by atoms with Crippen LogP contribution < -0.4 is 16.7 Å². The van der Waals surface area contributed by atoms with Gasteiger partial charge in [-0.2, -0.15) is 5.10 Å². The van der Waals surface area contributed by atoms with Crippen molar-refractivity contribution in [1.29, 1.82) is 0 Å². The van der Waals surface area contributed by atoms with Gasteiger partial charge in [-0.3, -0.25) is 14.6 Å². The fraction of sp³-hybridized carbons (Fsp3) is 0.176. The van der Waals surface area contributed by atoms with Gasteiger partial charge in [0.05, 0.1) is 12.6 Å². The molecule has 25 heavy (non-hydrogen) atoms. The fourth-order valence-corrected chi connectivity index (χ4v) is 2.67. The van der Waals surface area contributed by atoms with Gasteiger partial charge in [-0.05, 0) is 19.9 Å². The number of para-hydroxylation sites is 1. The number of hydrazone groups is 1. The van der Waals surface area contributed by atoms with Crippen LogP contribution >= 0.6 is 0 Å². The number of carbonyl (C=O) groups excluding carboxylic acids is 1. The highest BCUT2D eigenvalue weighted by atomic mass is 16.2. The van der Waals surface area contributed by atoms with Gasteiger partial charge < -0.3 is 9.97 Å². The van der Waals surface area contributed by atoms with Crippen LogP contribution in [0.2, 0.25) is 0 Å². The molecule has 4 N–H and O–H groups in total. The number of hydrogen-bond donors (Lipinski definition) is 4. The van der Waals surface area contributed by atoms with E-state index in [1.807, 2.05) is 31.2 Å². The van der Waals surface area contributed by atoms with Crippen molar-refractivity contribution in [2.75, 3.05) is 0 Å². The van der Waals surface area contributed by atoms with Crippen LogP contribution in [0.25, 0.3) is 10.9 Å². The van der Waals surface area contributed by atoms with Crippen LogP contribution in [0.4, 0.5) is 0 Å². The Bertz CT molecular complexity index is 1090. The first-order chi connectivity index (χ1) is 12.0. The Morgan fingerprint density at radius 2 is 1.88 bits per heavy atom. The van der Waals surface area contributed by atoms with E-state index in [0.29, 0.717) is 5.69 Å². The Labute approximate surface area is 142 Å². The zero-order valence-corrected chi connectivity index (χ0v) is 13.8. The molecule has 0 aliphatic heterocycles. The van der Waals surface area contributed by atoms with Crippen LogP contribution in [0, 0.1) is 13.8 Å². The molecule has 1 aromatic carbocycles. The third-order valence-electron chi connectivity index (χ3n) is 3.92.